The quantitative estimate of drug-likeness (QED) is 0.140. The molecule has 4 amide bonds. The van der Waals surface area contributed by atoms with E-state index in [4.69, 9.17) is 0 Å². The minimum Gasteiger partial charge on any atom is -0.507 e. The Morgan fingerprint density at radius 1 is 0.600 bits per heavy atom. The van der Waals surface area contributed by atoms with Crippen LogP contribution in [-0.4, -0.2) is 28.7 Å². The molecule has 2 saturated heterocycles. The van der Waals surface area contributed by atoms with Crippen LogP contribution in [0.15, 0.2) is 96.6 Å². The molecule has 0 aromatic heterocycles. The smallest absolute Gasteiger partial charge is 0.238 e. The van der Waals surface area contributed by atoms with Gasteiger partial charge < -0.3 is 5.11 Å². The Hall–Kier alpha value is -3.58. The number of imide groups is 2. The second kappa shape index (κ2) is 10.8. The number of hydrogen-bond donors (Lipinski definition) is 1. The number of hydrogen-bond acceptors (Lipinski definition) is 5. The SMILES string of the molecule is O=C1[C@H]2[C@H](CC=C3[C@H]2C[C@H]2C(=O)N(c4ccc(I)cc4)C(=O)[C@H]2[C@H]3c2ccc(O)c3ccccc23)C(=O)N1c1ccc(I)cc1. The van der Waals surface area contributed by atoms with E-state index in [9.17, 15) is 24.3 Å². The molecule has 0 unspecified atom stereocenters. The van der Waals surface area contributed by atoms with Crippen LogP contribution < -0.4 is 9.80 Å². The van der Waals surface area contributed by atoms with Crippen LogP contribution in [-0.2, 0) is 19.2 Å². The van der Waals surface area contributed by atoms with Crippen molar-refractivity contribution in [3.05, 3.63) is 109 Å². The summed E-state index contributed by atoms with van der Waals surface area (Å²) in [4.78, 5) is 59.3. The molecule has 1 N–H and O–H groups in total. The lowest BCUT2D eigenvalue weighted by molar-refractivity contribution is -0.126. The van der Waals surface area contributed by atoms with E-state index in [1.807, 2.05) is 54.6 Å². The van der Waals surface area contributed by atoms with Gasteiger partial charge in [-0.3, -0.25) is 29.0 Å². The van der Waals surface area contributed by atoms with Gasteiger partial charge in [-0.25, -0.2) is 0 Å². The van der Waals surface area contributed by atoms with Gasteiger partial charge in [0.15, 0.2) is 0 Å². The number of fused-ring (bicyclic) bond motifs is 5. The van der Waals surface area contributed by atoms with Crippen molar-refractivity contribution in [1.29, 1.82) is 0 Å². The van der Waals surface area contributed by atoms with Crippen LogP contribution in [0.2, 0.25) is 0 Å². The highest BCUT2D eigenvalue weighted by atomic mass is 127. The van der Waals surface area contributed by atoms with Crippen molar-refractivity contribution in [2.45, 2.75) is 18.8 Å². The van der Waals surface area contributed by atoms with Crippen LogP contribution in [0.5, 0.6) is 5.75 Å². The van der Waals surface area contributed by atoms with Gasteiger partial charge >= 0.3 is 0 Å². The van der Waals surface area contributed by atoms with Gasteiger partial charge in [0, 0.05) is 18.4 Å². The summed E-state index contributed by atoms with van der Waals surface area (Å²) in [5.41, 5.74) is 2.85. The van der Waals surface area contributed by atoms with Gasteiger partial charge in [-0.1, -0.05) is 42.0 Å². The first-order chi connectivity index (χ1) is 21.7. The number of carbonyl (C=O) groups excluding carboxylic acids is 4. The molecule has 2 aliphatic heterocycles. The fourth-order valence-corrected chi connectivity index (χ4v) is 8.92. The Morgan fingerprint density at radius 3 is 1.78 bits per heavy atom. The molecule has 9 heteroatoms. The Labute approximate surface area is 286 Å². The van der Waals surface area contributed by atoms with Gasteiger partial charge in [0.25, 0.3) is 0 Å². The van der Waals surface area contributed by atoms with Gasteiger partial charge in [-0.05, 0) is 129 Å². The zero-order chi connectivity index (χ0) is 31.1. The van der Waals surface area contributed by atoms with Crippen LogP contribution in [0.25, 0.3) is 10.8 Å². The zero-order valence-corrected chi connectivity index (χ0v) is 28.1. The van der Waals surface area contributed by atoms with Gasteiger partial charge in [0.1, 0.15) is 5.75 Å². The highest BCUT2D eigenvalue weighted by Crippen LogP contribution is 2.59. The van der Waals surface area contributed by atoms with Crippen LogP contribution in [0.3, 0.4) is 0 Å². The van der Waals surface area contributed by atoms with Crippen molar-refractivity contribution >= 4 is 91.0 Å². The minimum atomic E-state index is -0.678. The standard InChI is InChI=1S/C36H26I2N2O5/c37-18-5-9-20(10-6-18)39-33(42)26-14-13-25-27(31(26)35(39)44)17-28-32(36(45)40(34(28)43)21-11-7-19(38)8-12-21)30(25)24-15-16-29(41)23-4-2-1-3-22(23)24/h1-13,15-16,26-28,30-32,41H,14,17H2/t26-,27+,28+,30-,31-,32+/m0/s1. The number of phenols is 1. The molecule has 1 saturated carbocycles. The Bertz CT molecular complexity index is 1970. The van der Waals surface area contributed by atoms with E-state index in [1.165, 1.54) is 9.80 Å². The summed E-state index contributed by atoms with van der Waals surface area (Å²) < 4.78 is 1.99. The van der Waals surface area contributed by atoms with Crippen molar-refractivity contribution in [2.24, 2.45) is 29.6 Å². The van der Waals surface area contributed by atoms with Gasteiger partial charge in [0.2, 0.25) is 23.6 Å². The van der Waals surface area contributed by atoms with Crippen LogP contribution in [0.4, 0.5) is 11.4 Å². The van der Waals surface area contributed by atoms with E-state index in [2.05, 4.69) is 51.3 Å². The number of benzene rings is 4. The van der Waals surface area contributed by atoms with Crippen LogP contribution in [0, 0.1) is 36.7 Å². The lowest BCUT2D eigenvalue weighted by Gasteiger charge is -2.44. The molecule has 7 nitrogen and oxygen atoms in total. The van der Waals surface area contributed by atoms with Gasteiger partial charge in [-0.2, -0.15) is 0 Å². The second-order valence-electron chi connectivity index (χ2n) is 12.2. The third kappa shape index (κ3) is 4.33. The van der Waals surface area contributed by atoms with Crippen molar-refractivity contribution < 1.29 is 24.3 Å². The predicted octanol–water partition coefficient (Wildman–Crippen LogP) is 6.80. The van der Waals surface area contributed by atoms with E-state index in [0.717, 1.165) is 23.7 Å². The highest BCUT2D eigenvalue weighted by Gasteiger charge is 2.62. The lowest BCUT2D eigenvalue weighted by Crippen LogP contribution is -2.43. The third-order valence-corrected chi connectivity index (χ3v) is 11.5. The number of aromatic hydroxyl groups is 1. The molecule has 45 heavy (non-hydrogen) atoms. The number of allylic oxidation sites excluding steroid dienone is 2. The van der Waals surface area contributed by atoms with Gasteiger partial charge in [-0.15, -0.1) is 0 Å². The van der Waals surface area contributed by atoms with E-state index in [0.29, 0.717) is 29.6 Å². The number of halogens is 2. The summed E-state index contributed by atoms with van der Waals surface area (Å²) in [5, 5.41) is 12.2. The van der Waals surface area contributed by atoms with Crippen molar-refractivity contribution in [3.8, 4) is 5.75 Å². The molecule has 4 aromatic carbocycles. The number of carbonyl (C=O) groups is 4. The molecular weight excluding hydrogens is 794 g/mol. The van der Waals surface area contributed by atoms with E-state index >= 15 is 0 Å². The van der Waals surface area contributed by atoms with Crippen molar-refractivity contribution in [1.82, 2.24) is 0 Å². The Balaban J connectivity index is 1.28. The summed E-state index contributed by atoms with van der Waals surface area (Å²) in [7, 11) is 0. The highest BCUT2D eigenvalue weighted by molar-refractivity contribution is 14.1. The van der Waals surface area contributed by atoms with E-state index in [-0.39, 0.29) is 35.3 Å². The summed E-state index contributed by atoms with van der Waals surface area (Å²) in [6, 6.07) is 25.7. The third-order valence-electron chi connectivity index (χ3n) is 10.1. The largest absolute Gasteiger partial charge is 0.507 e. The maximum atomic E-state index is 14.4. The molecule has 8 rings (SSSR count). The predicted molar refractivity (Wildman–Crippen MR) is 186 cm³/mol. The molecule has 0 spiro atoms. The first kappa shape index (κ1) is 28.9. The average molecular weight is 820 g/mol. The van der Waals surface area contributed by atoms with E-state index in [1.54, 1.807) is 30.3 Å². The molecule has 6 atom stereocenters. The molecule has 4 aliphatic rings. The maximum absolute atomic E-state index is 14.4. The van der Waals surface area contributed by atoms with Crippen molar-refractivity contribution in [2.75, 3.05) is 9.80 Å². The normalized spacial score (nSPS) is 27.5. The fraction of sp³-hybridized carbons (Fsp3) is 0.222. The average Bonchev–Trinajstić information content (AvgIpc) is 3.45. The number of rotatable bonds is 3. The van der Waals surface area contributed by atoms with Crippen molar-refractivity contribution in [3.63, 3.8) is 0 Å². The first-order valence-electron chi connectivity index (χ1n) is 14.9. The molecule has 3 fully saturated rings. The number of amides is 4. The lowest BCUT2D eigenvalue weighted by atomic mass is 9.57. The molecule has 224 valence electrons. The minimum absolute atomic E-state index is 0.134. The topological polar surface area (TPSA) is 95.0 Å². The zero-order valence-electron chi connectivity index (χ0n) is 23.8. The molecule has 0 radical (unpaired) electrons. The maximum Gasteiger partial charge on any atom is 0.238 e. The summed E-state index contributed by atoms with van der Waals surface area (Å²) in [6.07, 6.45) is 2.76. The molecule has 4 aromatic rings. The molecule has 2 aliphatic carbocycles. The number of nitrogens with zero attached hydrogens (tertiary/aromatic N) is 2. The molecule has 2 heterocycles. The summed E-state index contributed by atoms with van der Waals surface area (Å²) >= 11 is 4.38. The number of anilines is 2. The second-order valence-corrected chi connectivity index (χ2v) is 14.7. The summed E-state index contributed by atoms with van der Waals surface area (Å²) in [6.45, 7) is 0. The van der Waals surface area contributed by atoms with Crippen LogP contribution >= 0.6 is 45.2 Å². The Kier molecular flexibility index (Phi) is 6.90. The van der Waals surface area contributed by atoms with Gasteiger partial charge in [0.05, 0.1) is 35.0 Å². The van der Waals surface area contributed by atoms with Crippen LogP contribution in [0.1, 0.15) is 24.3 Å². The molecular formula is C36H26I2N2O5. The monoisotopic (exact) mass is 820 g/mol. The fourth-order valence-electron chi connectivity index (χ4n) is 8.20. The Morgan fingerprint density at radius 2 is 1.16 bits per heavy atom. The first-order valence-corrected chi connectivity index (χ1v) is 17.1. The molecule has 0 bridgehead atoms. The summed E-state index contributed by atoms with van der Waals surface area (Å²) in [5.74, 6) is -4.25. The van der Waals surface area contributed by atoms with E-state index < -0.39 is 29.6 Å². The number of phenolic OH excluding ortho intramolecular Hbond substituents is 1.